The third kappa shape index (κ3) is 5.30. The van der Waals surface area contributed by atoms with E-state index in [1.807, 2.05) is 62.4 Å². The van der Waals surface area contributed by atoms with Gasteiger partial charge in [-0.25, -0.2) is 9.59 Å². The van der Waals surface area contributed by atoms with E-state index in [9.17, 15) is 24.0 Å². The van der Waals surface area contributed by atoms with Crippen molar-refractivity contribution in [2.24, 2.45) is 23.7 Å². The molecule has 1 aliphatic heterocycles. The fourth-order valence-electron chi connectivity index (χ4n) is 7.08. The molecule has 3 aromatic carbocycles. The van der Waals surface area contributed by atoms with Crippen molar-refractivity contribution in [1.29, 1.82) is 0 Å². The highest BCUT2D eigenvalue weighted by molar-refractivity contribution is 6.10. The van der Waals surface area contributed by atoms with E-state index in [0.29, 0.717) is 17.9 Å². The first-order chi connectivity index (χ1) is 21.6. The second kappa shape index (κ2) is 12.0. The number of nitrogens with one attached hydrogen (secondary N) is 1. The highest BCUT2D eigenvalue weighted by Gasteiger charge is 2.63. The minimum Gasteiger partial charge on any atom is -0.462 e. The molecule has 3 aromatic rings. The van der Waals surface area contributed by atoms with Crippen LogP contribution in [0.5, 0.6) is 0 Å². The van der Waals surface area contributed by atoms with E-state index >= 15 is 0 Å². The molecule has 45 heavy (non-hydrogen) atoms. The van der Waals surface area contributed by atoms with Gasteiger partial charge in [0.25, 0.3) is 5.91 Å². The molecule has 3 atom stereocenters. The molecule has 1 saturated heterocycles. The maximum absolute atomic E-state index is 14.1. The molecule has 0 aromatic heterocycles. The molecule has 1 N–H and O–H groups in total. The predicted octanol–water partition coefficient (Wildman–Crippen LogP) is 4.90. The second-order valence-electron chi connectivity index (χ2n) is 12.7. The standard InChI is InChI=1S/C36H36N2O7/c1-19(2)17-44-35(42)21-13-15-22(16-14-21)37-27(39)18-45-36(43)32(20(3)4)38-33(40)30-28-23-9-5-6-10-24(23)29(31(30)34(38)41)26-12-8-7-11-25(26)28/h5-16,19-20,28-32H,17-18H2,1-4H3,(H,37,39)/t28?,29?,30-,31-,32+/m1/s1. The van der Waals surface area contributed by atoms with E-state index < -0.39 is 48.2 Å². The Hall–Kier alpha value is -4.79. The molecule has 7 rings (SSSR count). The predicted molar refractivity (Wildman–Crippen MR) is 165 cm³/mol. The Balaban J connectivity index is 1.15. The van der Waals surface area contributed by atoms with Crippen LogP contribution in [-0.4, -0.2) is 53.8 Å². The molecule has 3 amide bonds. The lowest BCUT2D eigenvalue weighted by Gasteiger charge is -2.45. The Morgan fingerprint density at radius 1 is 0.733 bits per heavy atom. The van der Waals surface area contributed by atoms with Crippen molar-refractivity contribution in [3.05, 3.63) is 101 Å². The molecule has 4 aliphatic rings. The smallest absolute Gasteiger partial charge is 0.338 e. The van der Waals surface area contributed by atoms with Gasteiger partial charge >= 0.3 is 11.9 Å². The summed E-state index contributed by atoms with van der Waals surface area (Å²) >= 11 is 0. The van der Waals surface area contributed by atoms with Gasteiger partial charge in [0.05, 0.1) is 24.0 Å². The molecular formula is C36H36N2O7. The molecular weight excluding hydrogens is 572 g/mol. The topological polar surface area (TPSA) is 119 Å². The number of imide groups is 1. The molecule has 9 heteroatoms. The Morgan fingerprint density at radius 3 is 1.67 bits per heavy atom. The first kappa shape index (κ1) is 30.2. The van der Waals surface area contributed by atoms with E-state index in [4.69, 9.17) is 9.47 Å². The number of esters is 2. The maximum atomic E-state index is 14.1. The van der Waals surface area contributed by atoms with Crippen molar-refractivity contribution in [2.75, 3.05) is 18.5 Å². The number of rotatable bonds is 9. The monoisotopic (exact) mass is 608 g/mol. The Labute approximate surface area is 261 Å². The normalized spacial score (nSPS) is 21.7. The molecule has 0 saturated carbocycles. The second-order valence-corrected chi connectivity index (χ2v) is 12.7. The maximum Gasteiger partial charge on any atom is 0.338 e. The molecule has 0 radical (unpaired) electrons. The zero-order chi connectivity index (χ0) is 32.0. The van der Waals surface area contributed by atoms with Crippen molar-refractivity contribution in [1.82, 2.24) is 4.90 Å². The van der Waals surface area contributed by atoms with Crippen molar-refractivity contribution in [2.45, 2.75) is 45.6 Å². The number of nitrogens with zero attached hydrogens (tertiary/aromatic N) is 1. The highest BCUT2D eigenvalue weighted by Crippen LogP contribution is 2.61. The van der Waals surface area contributed by atoms with Gasteiger partial charge in [0, 0.05) is 17.5 Å². The van der Waals surface area contributed by atoms with Gasteiger partial charge in [-0.15, -0.1) is 0 Å². The van der Waals surface area contributed by atoms with Crippen LogP contribution in [-0.2, 0) is 28.7 Å². The SMILES string of the molecule is CC(C)COC(=O)c1ccc(NC(=O)COC(=O)[C@H](C(C)C)N2C(=O)[C@@H]3C4c5ccccc5C(c5ccccc54)[C@H]3C2=O)cc1. The van der Waals surface area contributed by atoms with Crippen LogP contribution in [0.3, 0.4) is 0 Å². The van der Waals surface area contributed by atoms with Gasteiger partial charge < -0.3 is 14.8 Å². The summed E-state index contributed by atoms with van der Waals surface area (Å²) in [7, 11) is 0. The first-order valence-electron chi connectivity index (χ1n) is 15.4. The van der Waals surface area contributed by atoms with Crippen LogP contribution in [0.1, 0.15) is 72.1 Å². The number of ether oxygens (including phenoxy) is 2. The van der Waals surface area contributed by atoms with Crippen LogP contribution in [0, 0.1) is 23.7 Å². The van der Waals surface area contributed by atoms with Crippen LogP contribution in [0.4, 0.5) is 5.69 Å². The van der Waals surface area contributed by atoms with Crippen molar-refractivity contribution < 1.29 is 33.4 Å². The van der Waals surface area contributed by atoms with Crippen molar-refractivity contribution in [3.8, 4) is 0 Å². The van der Waals surface area contributed by atoms with Gasteiger partial charge in [-0.1, -0.05) is 76.2 Å². The van der Waals surface area contributed by atoms with Crippen molar-refractivity contribution >= 4 is 35.3 Å². The number of hydrogen-bond acceptors (Lipinski definition) is 7. The summed E-state index contributed by atoms with van der Waals surface area (Å²) < 4.78 is 10.6. The van der Waals surface area contributed by atoms with Gasteiger partial charge in [-0.3, -0.25) is 19.3 Å². The Kier molecular flexibility index (Phi) is 8.03. The highest BCUT2D eigenvalue weighted by atomic mass is 16.5. The number of carbonyl (C=O) groups excluding carboxylic acids is 5. The van der Waals surface area contributed by atoms with Crippen molar-refractivity contribution in [3.63, 3.8) is 0 Å². The lowest BCUT2D eigenvalue weighted by molar-refractivity contribution is -0.162. The van der Waals surface area contributed by atoms with Crippen LogP contribution >= 0.6 is 0 Å². The first-order valence-corrected chi connectivity index (χ1v) is 15.4. The van der Waals surface area contributed by atoms with E-state index in [1.165, 1.54) is 12.1 Å². The van der Waals surface area contributed by atoms with E-state index in [0.717, 1.165) is 27.2 Å². The van der Waals surface area contributed by atoms with Crippen LogP contribution < -0.4 is 5.32 Å². The number of hydrogen-bond donors (Lipinski definition) is 1. The van der Waals surface area contributed by atoms with Gasteiger partial charge in [0.1, 0.15) is 6.04 Å². The lowest BCUT2D eigenvalue weighted by Crippen LogP contribution is -2.49. The molecule has 1 heterocycles. The van der Waals surface area contributed by atoms with Crippen LogP contribution in [0.2, 0.25) is 0 Å². The summed E-state index contributed by atoms with van der Waals surface area (Å²) in [4.78, 5) is 67.7. The molecule has 0 spiro atoms. The quantitative estimate of drug-likeness (QED) is 0.271. The van der Waals surface area contributed by atoms with Gasteiger partial charge in [-0.2, -0.15) is 0 Å². The van der Waals surface area contributed by atoms with Gasteiger partial charge in [-0.05, 0) is 58.4 Å². The van der Waals surface area contributed by atoms with Crippen LogP contribution in [0.15, 0.2) is 72.8 Å². The lowest BCUT2D eigenvalue weighted by atomic mass is 9.55. The Morgan fingerprint density at radius 2 is 1.22 bits per heavy atom. The fourth-order valence-corrected chi connectivity index (χ4v) is 7.08. The van der Waals surface area contributed by atoms with E-state index in [2.05, 4.69) is 5.32 Å². The number of amides is 3. The minimum atomic E-state index is -1.18. The number of benzene rings is 3. The third-order valence-electron chi connectivity index (χ3n) is 8.93. The molecule has 3 aliphatic carbocycles. The molecule has 232 valence electrons. The molecule has 1 fully saturated rings. The molecule has 9 nitrogen and oxygen atoms in total. The summed E-state index contributed by atoms with van der Waals surface area (Å²) in [5.41, 5.74) is 4.94. The number of likely N-dealkylation sites (tertiary alicyclic amines) is 1. The zero-order valence-electron chi connectivity index (χ0n) is 25.7. The fraction of sp³-hybridized carbons (Fsp3) is 0.361. The van der Waals surface area contributed by atoms with Crippen LogP contribution in [0.25, 0.3) is 0 Å². The number of carbonyl (C=O) groups is 5. The minimum absolute atomic E-state index is 0.209. The third-order valence-corrected chi connectivity index (χ3v) is 8.93. The summed E-state index contributed by atoms with van der Waals surface area (Å²) in [6.07, 6.45) is 0. The summed E-state index contributed by atoms with van der Waals surface area (Å²) in [6.45, 7) is 7.08. The summed E-state index contributed by atoms with van der Waals surface area (Å²) in [5.74, 6) is -4.66. The Bertz CT molecular complexity index is 1560. The zero-order valence-corrected chi connectivity index (χ0v) is 25.7. The molecule has 2 bridgehead atoms. The van der Waals surface area contributed by atoms with E-state index in [1.54, 1.807) is 26.0 Å². The van der Waals surface area contributed by atoms with Gasteiger partial charge in [0.2, 0.25) is 11.8 Å². The average molecular weight is 609 g/mol. The summed E-state index contributed by atoms with van der Waals surface area (Å²) in [5, 5.41) is 2.63. The molecule has 0 unspecified atom stereocenters. The van der Waals surface area contributed by atoms with E-state index in [-0.39, 0.29) is 29.6 Å². The number of anilines is 1. The van der Waals surface area contributed by atoms with Gasteiger partial charge in [0.15, 0.2) is 6.61 Å². The average Bonchev–Trinajstić information content (AvgIpc) is 3.29. The summed E-state index contributed by atoms with van der Waals surface area (Å²) in [6, 6.07) is 20.9. The largest absolute Gasteiger partial charge is 0.462 e.